The van der Waals surface area contributed by atoms with Gasteiger partial charge in [-0.15, -0.1) is 0 Å². The highest BCUT2D eigenvalue weighted by Gasteiger charge is 2.38. The number of ketones is 1. The first-order valence-electron chi connectivity index (χ1n) is 16.2. The van der Waals surface area contributed by atoms with E-state index in [2.05, 4.69) is 10.6 Å². The predicted octanol–water partition coefficient (Wildman–Crippen LogP) is 3.40. The first-order valence-corrected chi connectivity index (χ1v) is 16.2. The number of fused-ring (bicyclic) bond motifs is 1. The predicted molar refractivity (Wildman–Crippen MR) is 194 cm³/mol. The maximum atomic E-state index is 14.4. The number of anilines is 2. The highest BCUT2D eigenvalue weighted by atomic mass is 16.5. The number of Topliss-reactive ketones (excluding diaryl/α,β-unsaturated/α-hetero) is 1. The molecule has 0 fully saturated rings. The summed E-state index contributed by atoms with van der Waals surface area (Å²) >= 11 is 0. The van der Waals surface area contributed by atoms with E-state index in [1.165, 1.54) is 41.3 Å². The Bertz CT molecular complexity index is 2650. The molecule has 1 aliphatic rings. The summed E-state index contributed by atoms with van der Waals surface area (Å²) in [6.07, 6.45) is -0.593. The van der Waals surface area contributed by atoms with Gasteiger partial charge in [0.1, 0.15) is 29.4 Å². The number of allylic oxidation sites excluding steroid dienone is 1. The number of phenolic OH excluding ortho intramolecular Hbond substituents is 1. The normalized spacial score (nSPS) is 14.8. The monoisotopic (exact) mass is 744 g/mol. The fourth-order valence-corrected chi connectivity index (χ4v) is 7.68. The molecular weight excluding hydrogens is 712 g/mol. The lowest BCUT2D eigenvalue weighted by Crippen LogP contribution is -2.35. The summed E-state index contributed by atoms with van der Waals surface area (Å²) in [7, 11) is 3.74. The Labute approximate surface area is 302 Å². The molecule has 1 aliphatic carbocycles. The highest BCUT2D eigenvalue weighted by Crippen LogP contribution is 2.58. The zero-order valence-electron chi connectivity index (χ0n) is 29.2. The second kappa shape index (κ2) is 13.3. The van der Waals surface area contributed by atoms with Crippen molar-refractivity contribution in [2.75, 3.05) is 32.0 Å². The van der Waals surface area contributed by atoms with Crippen molar-refractivity contribution < 1.29 is 63.7 Å². The number of carbonyl (C=O) groups excluding carboxylic acids is 1. The molecule has 3 atom stereocenters. The molecule has 0 saturated carbocycles. The van der Waals surface area contributed by atoms with Crippen LogP contribution in [0, 0.1) is 0 Å². The maximum Gasteiger partial charge on any atom is 0.326 e. The van der Waals surface area contributed by atoms with Crippen LogP contribution in [-0.2, 0) is 24.0 Å². The third kappa shape index (κ3) is 5.43. The number of aliphatic carboxylic acids is 4. The van der Waals surface area contributed by atoms with Crippen molar-refractivity contribution in [2.24, 2.45) is 0 Å². The van der Waals surface area contributed by atoms with E-state index in [-0.39, 0.29) is 82.7 Å². The molecular formula is C37H32N2O15. The first kappa shape index (κ1) is 36.9. The van der Waals surface area contributed by atoms with Gasteiger partial charge in [0.2, 0.25) is 0 Å². The van der Waals surface area contributed by atoms with E-state index in [4.69, 9.17) is 14.2 Å². The lowest BCUT2D eigenvalue weighted by atomic mass is 9.80. The Morgan fingerprint density at radius 2 is 1.17 bits per heavy atom. The Balaban J connectivity index is 2.07. The molecule has 0 aromatic heterocycles. The van der Waals surface area contributed by atoms with Gasteiger partial charge in [0, 0.05) is 50.2 Å². The van der Waals surface area contributed by atoms with Crippen molar-refractivity contribution in [3.8, 4) is 23.0 Å². The second-order valence-corrected chi connectivity index (χ2v) is 12.8. The van der Waals surface area contributed by atoms with Crippen molar-refractivity contribution in [1.82, 2.24) is 0 Å². The number of carboxylic acid groups (broad SMARTS) is 4. The molecule has 0 saturated heterocycles. The van der Waals surface area contributed by atoms with E-state index >= 15 is 0 Å². The van der Waals surface area contributed by atoms with Crippen LogP contribution in [0.4, 0.5) is 11.4 Å². The Morgan fingerprint density at radius 3 is 1.61 bits per heavy atom. The summed E-state index contributed by atoms with van der Waals surface area (Å²) in [5.74, 6) is -9.05. The molecule has 17 nitrogen and oxygen atoms in total. The number of carboxylic acids is 4. The maximum absolute atomic E-state index is 14.4. The summed E-state index contributed by atoms with van der Waals surface area (Å²) in [6, 6.07) is -1.71. The second-order valence-electron chi connectivity index (χ2n) is 12.8. The number of benzene rings is 5. The molecule has 54 heavy (non-hydrogen) atoms. The molecule has 0 heterocycles. The molecule has 0 spiro atoms. The average Bonchev–Trinajstić information content (AvgIpc) is 3.22. The van der Waals surface area contributed by atoms with E-state index in [9.17, 15) is 59.1 Å². The van der Waals surface area contributed by atoms with Gasteiger partial charge in [-0.2, -0.15) is 0 Å². The zero-order chi connectivity index (χ0) is 39.7. The van der Waals surface area contributed by atoms with Crippen LogP contribution in [0.1, 0.15) is 43.7 Å². The molecule has 0 amide bonds. The topological polar surface area (TPSA) is 272 Å². The van der Waals surface area contributed by atoms with Gasteiger partial charge in [-0.3, -0.25) is 24.0 Å². The lowest BCUT2D eigenvalue weighted by molar-refractivity contribution is -0.144. The lowest BCUT2D eigenvalue weighted by Gasteiger charge is -2.28. The van der Waals surface area contributed by atoms with Crippen LogP contribution >= 0.6 is 0 Å². The summed E-state index contributed by atoms with van der Waals surface area (Å²) in [4.78, 5) is 90.7. The fourth-order valence-electron chi connectivity index (χ4n) is 7.68. The van der Waals surface area contributed by atoms with Crippen molar-refractivity contribution in [1.29, 1.82) is 0 Å². The van der Waals surface area contributed by atoms with Crippen LogP contribution in [0.25, 0.3) is 49.2 Å². The largest absolute Gasteiger partial charge is 0.504 e. The van der Waals surface area contributed by atoms with Crippen LogP contribution in [0.15, 0.2) is 27.3 Å². The molecule has 5 aromatic carbocycles. The number of hydrogen-bond donors (Lipinski definition) is 7. The van der Waals surface area contributed by atoms with Gasteiger partial charge < -0.3 is 50.4 Å². The minimum Gasteiger partial charge on any atom is -0.504 e. The summed E-state index contributed by atoms with van der Waals surface area (Å²) in [5, 5.41) is 56.5. The van der Waals surface area contributed by atoms with E-state index in [0.717, 1.165) is 12.1 Å². The summed E-state index contributed by atoms with van der Waals surface area (Å²) in [6.45, 7) is 2.81. The van der Waals surface area contributed by atoms with Crippen molar-refractivity contribution >= 4 is 90.2 Å². The Hall–Kier alpha value is -6.91. The average molecular weight is 745 g/mol. The minimum atomic E-state index is -1.93. The quantitative estimate of drug-likeness (QED) is 0.0634. The van der Waals surface area contributed by atoms with Gasteiger partial charge in [0.05, 0.1) is 62.2 Å². The number of ether oxygens (including phenoxy) is 3. The van der Waals surface area contributed by atoms with Gasteiger partial charge >= 0.3 is 23.9 Å². The summed E-state index contributed by atoms with van der Waals surface area (Å²) in [5.41, 5.74) is -1.96. The van der Waals surface area contributed by atoms with Crippen molar-refractivity contribution in [3.63, 3.8) is 0 Å². The smallest absolute Gasteiger partial charge is 0.326 e. The Morgan fingerprint density at radius 1 is 0.685 bits per heavy atom. The molecule has 0 radical (unpaired) electrons. The third-order valence-corrected chi connectivity index (χ3v) is 9.67. The number of nitrogens with one attached hydrogen (secondary N) is 2. The first-order chi connectivity index (χ1) is 25.5. The van der Waals surface area contributed by atoms with Crippen molar-refractivity contribution in [2.45, 2.75) is 44.7 Å². The highest BCUT2D eigenvalue weighted by molar-refractivity contribution is 6.41. The summed E-state index contributed by atoms with van der Waals surface area (Å²) < 4.78 is 17.1. The number of hydrogen-bond acceptors (Lipinski definition) is 13. The molecule has 6 rings (SSSR count). The van der Waals surface area contributed by atoms with E-state index < -0.39 is 82.8 Å². The van der Waals surface area contributed by atoms with Gasteiger partial charge in [0.15, 0.2) is 22.4 Å². The molecule has 280 valence electrons. The van der Waals surface area contributed by atoms with E-state index in [1.807, 2.05) is 0 Å². The van der Waals surface area contributed by atoms with Gasteiger partial charge in [-0.1, -0.05) is 11.6 Å². The van der Waals surface area contributed by atoms with E-state index in [1.54, 1.807) is 0 Å². The van der Waals surface area contributed by atoms with Gasteiger partial charge in [-0.05, 0) is 19.2 Å². The molecule has 3 unspecified atom stereocenters. The van der Waals surface area contributed by atoms with Gasteiger partial charge in [-0.25, -0.2) is 9.59 Å². The van der Waals surface area contributed by atoms with Crippen molar-refractivity contribution in [3.05, 3.63) is 49.3 Å². The molecule has 7 N–H and O–H groups in total. The number of methoxy groups -OCH3 is 3. The zero-order valence-corrected chi connectivity index (χ0v) is 29.2. The van der Waals surface area contributed by atoms with Gasteiger partial charge in [0.25, 0.3) is 0 Å². The van der Waals surface area contributed by atoms with Crippen LogP contribution < -0.4 is 35.7 Å². The molecule has 5 aromatic rings. The SMILES string of the molecule is COc1c(O)c2c(=O)cc(OC)c3c4c(OC)cc(=O)c5c(NC(CC(=O)O)C(=O)O)c(NC(CC(=O)O)C(=O)O)c6c(c(c1C(C(C)=O)C(C)=C6)c23)c54. The number of phenols is 1. The van der Waals surface area contributed by atoms with Crippen LogP contribution in [-0.4, -0.2) is 88.6 Å². The molecule has 17 heteroatoms. The van der Waals surface area contributed by atoms with Crippen LogP contribution in [0.2, 0.25) is 0 Å². The fraction of sp³-hybridized carbons (Fsp3) is 0.270. The van der Waals surface area contributed by atoms with E-state index in [0.29, 0.717) is 0 Å². The van der Waals surface area contributed by atoms with Crippen LogP contribution in [0.5, 0.6) is 23.0 Å². The molecule has 0 aliphatic heterocycles. The number of aromatic hydroxyl groups is 1. The third-order valence-electron chi connectivity index (χ3n) is 9.67. The Kier molecular flexibility index (Phi) is 9.05. The molecule has 0 bridgehead atoms. The minimum absolute atomic E-state index is 0.00697. The number of rotatable bonds is 14. The standard InChI is InChI=1S/C37H32N2O15/c1-11-6-13-23-28-24(33(39-15(37(50)51)8-21(45)46)32(13)38-14(36(48)49)7-20(43)44)16(41)9-18(52-3)26(28)27-19(53-4)10-17(42)25-30(27)29(23)31(22(11)12(2)40)35(54-5)34(25)47/h6,9-10,14-15,22,38-39,47H,7-8H2,1-5H3,(H,43,44)(H,45,46)(H,48,49)(H,50,51). The van der Waals surface area contributed by atoms with Crippen LogP contribution in [0.3, 0.4) is 0 Å². The number of carbonyl (C=O) groups is 5.